The van der Waals surface area contributed by atoms with Crippen LogP contribution >= 0.6 is 0 Å². The number of aryl methyl sites for hydroxylation is 1. The Morgan fingerprint density at radius 1 is 1.30 bits per heavy atom. The van der Waals surface area contributed by atoms with Gasteiger partial charge in [-0.3, -0.25) is 0 Å². The Balaban J connectivity index is 2.12. The molecule has 6 heteroatoms. The van der Waals surface area contributed by atoms with Crippen LogP contribution in [0.4, 0.5) is 5.69 Å². The average Bonchev–Trinajstić information content (AvgIpc) is 2.41. The Kier molecular flexibility index (Phi) is 4.67. The van der Waals surface area contributed by atoms with Crippen molar-refractivity contribution in [3.63, 3.8) is 0 Å². The van der Waals surface area contributed by atoms with Crippen LogP contribution in [0.2, 0.25) is 0 Å². The predicted molar refractivity (Wildman–Crippen MR) is 78.8 cm³/mol. The second-order valence-electron chi connectivity index (χ2n) is 5.34. The lowest BCUT2D eigenvalue weighted by atomic mass is 9.94. The smallest absolute Gasteiger partial charge is 0.240 e. The number of nitrogens with one attached hydrogen (secondary N) is 1. The van der Waals surface area contributed by atoms with Gasteiger partial charge in [-0.1, -0.05) is 13.0 Å². The molecular formula is C14H22N2O3S. The molecule has 0 unspecified atom stereocenters. The van der Waals surface area contributed by atoms with Crippen LogP contribution in [0.1, 0.15) is 38.2 Å². The van der Waals surface area contributed by atoms with Gasteiger partial charge < -0.3 is 10.8 Å². The molecule has 1 aliphatic rings. The van der Waals surface area contributed by atoms with E-state index in [9.17, 15) is 13.5 Å². The Morgan fingerprint density at radius 2 is 1.95 bits per heavy atom. The fourth-order valence-electron chi connectivity index (χ4n) is 2.54. The van der Waals surface area contributed by atoms with E-state index in [1.807, 2.05) is 6.92 Å². The van der Waals surface area contributed by atoms with Crippen LogP contribution in [0, 0.1) is 0 Å². The monoisotopic (exact) mass is 298 g/mol. The summed E-state index contributed by atoms with van der Waals surface area (Å²) in [6.45, 7) is 1.98. The van der Waals surface area contributed by atoms with Crippen molar-refractivity contribution < 1.29 is 13.5 Å². The zero-order valence-corrected chi connectivity index (χ0v) is 12.5. The maximum absolute atomic E-state index is 12.3. The topological polar surface area (TPSA) is 92.4 Å². The standard InChI is InChI=1S/C14H22N2O3S/c1-2-10-3-8-13(9-14(10)15)20(18,19)16-11-4-6-12(17)7-5-11/h3,8-9,11-12,16-17H,2,4-7,15H2,1H3. The molecule has 5 nitrogen and oxygen atoms in total. The van der Waals surface area contributed by atoms with Gasteiger partial charge in [0, 0.05) is 11.7 Å². The molecule has 1 aromatic carbocycles. The molecule has 1 aliphatic carbocycles. The lowest BCUT2D eigenvalue weighted by Gasteiger charge is -2.26. The first-order chi connectivity index (χ1) is 9.42. The molecule has 0 spiro atoms. The summed E-state index contributed by atoms with van der Waals surface area (Å²) in [7, 11) is -3.54. The quantitative estimate of drug-likeness (QED) is 0.733. The van der Waals surface area contributed by atoms with E-state index in [2.05, 4.69) is 4.72 Å². The molecule has 0 heterocycles. The number of aliphatic hydroxyl groups excluding tert-OH is 1. The van der Waals surface area contributed by atoms with Crippen LogP contribution in [0.25, 0.3) is 0 Å². The van der Waals surface area contributed by atoms with Gasteiger partial charge >= 0.3 is 0 Å². The van der Waals surface area contributed by atoms with Gasteiger partial charge in [0.2, 0.25) is 10.0 Å². The molecule has 112 valence electrons. The summed E-state index contributed by atoms with van der Waals surface area (Å²) >= 11 is 0. The first-order valence-corrected chi connectivity index (χ1v) is 8.49. The summed E-state index contributed by atoms with van der Waals surface area (Å²) in [6, 6.07) is 4.76. The van der Waals surface area contributed by atoms with Crippen molar-refractivity contribution in [3.8, 4) is 0 Å². The van der Waals surface area contributed by atoms with E-state index in [-0.39, 0.29) is 17.0 Å². The Morgan fingerprint density at radius 3 is 2.50 bits per heavy atom. The molecule has 0 aliphatic heterocycles. The summed E-state index contributed by atoms with van der Waals surface area (Å²) in [4.78, 5) is 0.207. The maximum Gasteiger partial charge on any atom is 0.240 e. The van der Waals surface area contributed by atoms with Crippen molar-refractivity contribution in [2.75, 3.05) is 5.73 Å². The highest BCUT2D eigenvalue weighted by Gasteiger charge is 2.25. The van der Waals surface area contributed by atoms with Crippen molar-refractivity contribution >= 4 is 15.7 Å². The summed E-state index contributed by atoms with van der Waals surface area (Å²) in [5.41, 5.74) is 7.31. The molecule has 0 aromatic heterocycles. The highest BCUT2D eigenvalue weighted by molar-refractivity contribution is 7.89. The number of hydrogen-bond acceptors (Lipinski definition) is 4. The second kappa shape index (κ2) is 6.11. The number of sulfonamides is 1. The number of benzene rings is 1. The van der Waals surface area contributed by atoms with E-state index >= 15 is 0 Å². The largest absolute Gasteiger partial charge is 0.398 e. The third-order valence-corrected chi connectivity index (χ3v) is 5.35. The van der Waals surface area contributed by atoms with Crippen molar-refractivity contribution in [2.45, 2.75) is 56.1 Å². The molecule has 1 aromatic rings. The van der Waals surface area contributed by atoms with Crippen molar-refractivity contribution in [3.05, 3.63) is 23.8 Å². The average molecular weight is 298 g/mol. The molecule has 1 fully saturated rings. The minimum atomic E-state index is -3.54. The highest BCUT2D eigenvalue weighted by atomic mass is 32.2. The molecule has 0 bridgehead atoms. The second-order valence-corrected chi connectivity index (χ2v) is 7.05. The summed E-state index contributed by atoms with van der Waals surface area (Å²) < 4.78 is 27.3. The maximum atomic E-state index is 12.3. The van der Waals surface area contributed by atoms with E-state index in [4.69, 9.17) is 5.73 Å². The van der Waals surface area contributed by atoms with Crippen molar-refractivity contribution in [1.29, 1.82) is 0 Å². The first-order valence-electron chi connectivity index (χ1n) is 7.01. The number of rotatable bonds is 4. The van der Waals surface area contributed by atoms with Crippen LogP contribution in [-0.2, 0) is 16.4 Å². The highest BCUT2D eigenvalue weighted by Crippen LogP contribution is 2.22. The molecule has 2 rings (SSSR count). The summed E-state index contributed by atoms with van der Waals surface area (Å²) in [5.74, 6) is 0. The van der Waals surface area contributed by atoms with Gasteiger partial charge in [0.05, 0.1) is 11.0 Å². The van der Waals surface area contributed by atoms with Crippen molar-refractivity contribution in [2.24, 2.45) is 0 Å². The lowest BCUT2D eigenvalue weighted by Crippen LogP contribution is -2.38. The summed E-state index contributed by atoms with van der Waals surface area (Å²) in [5, 5.41) is 9.44. The molecule has 0 saturated heterocycles. The first kappa shape index (κ1) is 15.3. The Hall–Kier alpha value is -1.11. The van der Waals surface area contributed by atoms with E-state index in [1.165, 1.54) is 6.07 Å². The molecule has 0 amide bonds. The van der Waals surface area contributed by atoms with E-state index in [0.29, 0.717) is 31.4 Å². The van der Waals surface area contributed by atoms with Crippen molar-refractivity contribution in [1.82, 2.24) is 4.72 Å². The van der Waals surface area contributed by atoms with Gasteiger partial charge in [-0.2, -0.15) is 0 Å². The van der Waals surface area contributed by atoms with E-state index in [0.717, 1.165) is 12.0 Å². The number of nitrogen functional groups attached to an aromatic ring is 1. The molecular weight excluding hydrogens is 276 g/mol. The van der Waals surface area contributed by atoms with Gasteiger partial charge in [0.15, 0.2) is 0 Å². The number of hydrogen-bond donors (Lipinski definition) is 3. The normalized spacial score (nSPS) is 23.7. The minimum Gasteiger partial charge on any atom is -0.398 e. The Labute approximate surface area is 120 Å². The lowest BCUT2D eigenvalue weighted by molar-refractivity contribution is 0.120. The molecule has 0 atom stereocenters. The van der Waals surface area contributed by atoms with E-state index in [1.54, 1.807) is 12.1 Å². The minimum absolute atomic E-state index is 0.101. The molecule has 20 heavy (non-hydrogen) atoms. The van der Waals surface area contributed by atoms with Gasteiger partial charge in [-0.25, -0.2) is 13.1 Å². The van der Waals surface area contributed by atoms with Crippen LogP contribution in [0.15, 0.2) is 23.1 Å². The predicted octanol–water partition coefficient (Wildman–Crippen LogP) is 1.41. The Bertz CT molecular complexity index is 564. The fraction of sp³-hybridized carbons (Fsp3) is 0.571. The fourth-order valence-corrected chi connectivity index (χ4v) is 3.88. The van der Waals surface area contributed by atoms with Crippen LogP contribution in [0.5, 0.6) is 0 Å². The number of nitrogens with two attached hydrogens (primary N) is 1. The van der Waals surface area contributed by atoms with Crippen LogP contribution in [-0.4, -0.2) is 25.7 Å². The molecule has 0 radical (unpaired) electrons. The van der Waals surface area contributed by atoms with Gasteiger partial charge in [-0.15, -0.1) is 0 Å². The number of aliphatic hydroxyl groups is 1. The van der Waals surface area contributed by atoms with Gasteiger partial charge in [0.1, 0.15) is 0 Å². The molecule has 1 saturated carbocycles. The zero-order chi connectivity index (χ0) is 14.8. The number of anilines is 1. The molecule has 4 N–H and O–H groups in total. The van der Waals surface area contributed by atoms with Gasteiger partial charge in [-0.05, 0) is 49.8 Å². The zero-order valence-electron chi connectivity index (χ0n) is 11.7. The van der Waals surface area contributed by atoms with E-state index < -0.39 is 10.0 Å². The third-order valence-electron chi connectivity index (χ3n) is 3.83. The summed E-state index contributed by atoms with van der Waals surface area (Å²) in [6.07, 6.45) is 3.11. The van der Waals surface area contributed by atoms with Crippen LogP contribution in [0.3, 0.4) is 0 Å². The SMILES string of the molecule is CCc1ccc(S(=O)(=O)NC2CCC(O)CC2)cc1N. The third kappa shape index (κ3) is 3.50. The van der Waals surface area contributed by atoms with Gasteiger partial charge in [0.25, 0.3) is 0 Å². The van der Waals surface area contributed by atoms with Crippen LogP contribution < -0.4 is 10.5 Å².